The molecule has 152 valence electrons. The fourth-order valence-electron chi connectivity index (χ4n) is 2.85. The number of carbonyl (C=O) groups is 1. The predicted molar refractivity (Wildman–Crippen MR) is 115 cm³/mol. The topological polar surface area (TPSA) is 77.1 Å². The van der Waals surface area contributed by atoms with Crippen molar-refractivity contribution in [2.75, 3.05) is 13.2 Å². The normalized spacial score (nSPS) is 11.1. The molecule has 0 saturated heterocycles. The summed E-state index contributed by atoms with van der Waals surface area (Å²) in [6, 6.07) is 16.8. The molecule has 0 aliphatic carbocycles. The van der Waals surface area contributed by atoms with E-state index in [1.807, 2.05) is 49.4 Å². The smallest absolute Gasteiger partial charge is 0.348 e. The number of aromatic nitrogens is 2. The fourth-order valence-corrected chi connectivity index (χ4v) is 3.09. The summed E-state index contributed by atoms with van der Waals surface area (Å²) in [7, 11) is 0. The predicted octanol–water partition coefficient (Wildman–Crippen LogP) is 5.06. The molecule has 7 heteroatoms. The zero-order valence-electron chi connectivity index (χ0n) is 16.6. The molecule has 0 bridgehead atoms. The monoisotopic (exact) mass is 421 g/mol. The maximum atomic E-state index is 12.1. The minimum atomic E-state index is -0.678. The van der Waals surface area contributed by atoms with Gasteiger partial charge in [0.15, 0.2) is 0 Å². The molecule has 6 nitrogen and oxygen atoms in total. The number of nitriles is 1. The second-order valence-electron chi connectivity index (χ2n) is 6.18. The molecule has 0 radical (unpaired) electrons. The van der Waals surface area contributed by atoms with Gasteiger partial charge in [0.05, 0.1) is 23.9 Å². The number of benzene rings is 2. The van der Waals surface area contributed by atoms with Crippen LogP contribution in [0.3, 0.4) is 0 Å². The van der Waals surface area contributed by atoms with Crippen LogP contribution in [0, 0.1) is 11.3 Å². The molecule has 3 aromatic rings. The van der Waals surface area contributed by atoms with Gasteiger partial charge in [-0.25, -0.2) is 9.48 Å². The van der Waals surface area contributed by atoms with Crippen LogP contribution >= 0.6 is 11.6 Å². The highest BCUT2D eigenvalue weighted by Gasteiger charge is 2.16. The maximum Gasteiger partial charge on any atom is 0.348 e. The van der Waals surface area contributed by atoms with Crippen LogP contribution in [0.5, 0.6) is 5.75 Å². The second-order valence-corrected chi connectivity index (χ2v) is 6.59. The maximum absolute atomic E-state index is 12.1. The third kappa shape index (κ3) is 4.70. The number of ether oxygens (including phenoxy) is 2. The van der Waals surface area contributed by atoms with E-state index in [9.17, 15) is 10.1 Å². The number of esters is 1. The highest BCUT2D eigenvalue weighted by molar-refractivity contribution is 6.32. The number of hydrogen-bond donors (Lipinski definition) is 0. The van der Waals surface area contributed by atoms with Gasteiger partial charge in [-0.3, -0.25) is 0 Å². The van der Waals surface area contributed by atoms with E-state index in [-0.39, 0.29) is 12.2 Å². The van der Waals surface area contributed by atoms with Crippen molar-refractivity contribution in [2.45, 2.75) is 13.8 Å². The summed E-state index contributed by atoms with van der Waals surface area (Å²) in [5, 5.41) is 14.5. The highest BCUT2D eigenvalue weighted by atomic mass is 35.5. The average Bonchev–Trinajstić information content (AvgIpc) is 3.18. The van der Waals surface area contributed by atoms with E-state index in [0.717, 1.165) is 11.3 Å². The zero-order valence-corrected chi connectivity index (χ0v) is 17.4. The molecule has 1 heterocycles. The number of para-hydroxylation sites is 1. The van der Waals surface area contributed by atoms with Crippen molar-refractivity contribution in [3.63, 3.8) is 0 Å². The Hall–Kier alpha value is -3.56. The SMILES string of the molecule is CCOC(=O)C(C#N)=Cc1cn(-c2ccccc2)nc1-c1ccc(OCC)c(Cl)c1. The first-order valence-electron chi connectivity index (χ1n) is 9.44. The Bertz CT molecular complexity index is 1110. The van der Waals surface area contributed by atoms with Crippen molar-refractivity contribution in [1.29, 1.82) is 5.26 Å². The Morgan fingerprint density at radius 2 is 1.97 bits per heavy atom. The molecule has 2 aromatic carbocycles. The van der Waals surface area contributed by atoms with Gasteiger partial charge in [-0.15, -0.1) is 0 Å². The van der Waals surface area contributed by atoms with Gasteiger partial charge in [-0.2, -0.15) is 10.4 Å². The molecule has 0 atom stereocenters. The van der Waals surface area contributed by atoms with Gasteiger partial charge in [0.1, 0.15) is 23.1 Å². The quantitative estimate of drug-likeness (QED) is 0.302. The van der Waals surface area contributed by atoms with Crippen LogP contribution in [-0.4, -0.2) is 29.0 Å². The molecule has 0 aliphatic rings. The summed E-state index contributed by atoms with van der Waals surface area (Å²) in [6.07, 6.45) is 3.23. The van der Waals surface area contributed by atoms with E-state index < -0.39 is 5.97 Å². The number of hydrogen-bond acceptors (Lipinski definition) is 5. The first-order valence-corrected chi connectivity index (χ1v) is 9.81. The van der Waals surface area contributed by atoms with E-state index in [1.165, 1.54) is 6.08 Å². The third-order valence-electron chi connectivity index (χ3n) is 4.18. The largest absolute Gasteiger partial charge is 0.492 e. The average molecular weight is 422 g/mol. The lowest BCUT2D eigenvalue weighted by Gasteiger charge is -2.07. The number of carbonyl (C=O) groups excluding carboxylic acids is 1. The van der Waals surface area contributed by atoms with Crippen molar-refractivity contribution in [3.8, 4) is 28.8 Å². The summed E-state index contributed by atoms with van der Waals surface area (Å²) in [5.74, 6) is -0.102. The lowest BCUT2D eigenvalue weighted by molar-refractivity contribution is -0.137. The lowest BCUT2D eigenvalue weighted by atomic mass is 10.1. The van der Waals surface area contributed by atoms with E-state index in [1.54, 1.807) is 29.9 Å². The molecule has 0 aliphatic heterocycles. The first kappa shape index (κ1) is 21.2. The molecule has 0 amide bonds. The molecule has 0 N–H and O–H groups in total. The summed E-state index contributed by atoms with van der Waals surface area (Å²) in [5.41, 5.74) is 2.61. The summed E-state index contributed by atoms with van der Waals surface area (Å²) in [4.78, 5) is 12.1. The van der Waals surface area contributed by atoms with Crippen LogP contribution in [0.15, 0.2) is 60.3 Å². The standard InChI is InChI=1S/C23H20ClN3O3/c1-3-29-21-11-10-16(13-20(21)24)22-18(12-17(14-25)23(28)30-4-2)15-27(26-22)19-8-6-5-7-9-19/h5-13,15H,3-4H2,1-2H3. The highest BCUT2D eigenvalue weighted by Crippen LogP contribution is 2.32. The van der Waals surface area contributed by atoms with Crippen molar-refractivity contribution in [1.82, 2.24) is 9.78 Å². The molecule has 0 saturated carbocycles. The number of nitrogens with zero attached hydrogens (tertiary/aromatic N) is 3. The third-order valence-corrected chi connectivity index (χ3v) is 4.48. The van der Waals surface area contributed by atoms with Gasteiger partial charge in [-0.05, 0) is 50.3 Å². The van der Waals surface area contributed by atoms with Gasteiger partial charge in [0, 0.05) is 17.3 Å². The second kappa shape index (κ2) is 9.77. The van der Waals surface area contributed by atoms with Crippen molar-refractivity contribution >= 4 is 23.6 Å². The number of halogens is 1. The minimum absolute atomic E-state index is 0.109. The van der Waals surface area contributed by atoms with Crippen molar-refractivity contribution in [3.05, 3.63) is 70.9 Å². The molecule has 3 rings (SSSR count). The van der Waals surface area contributed by atoms with Crippen molar-refractivity contribution < 1.29 is 14.3 Å². The van der Waals surface area contributed by atoms with Crippen LogP contribution in [-0.2, 0) is 9.53 Å². The van der Waals surface area contributed by atoms with Gasteiger partial charge in [0.2, 0.25) is 0 Å². The summed E-state index contributed by atoms with van der Waals surface area (Å²) in [6.45, 7) is 4.25. The van der Waals surface area contributed by atoms with E-state index >= 15 is 0 Å². The van der Waals surface area contributed by atoms with Crippen LogP contribution in [0.2, 0.25) is 5.02 Å². The van der Waals surface area contributed by atoms with E-state index in [0.29, 0.717) is 28.6 Å². The molecule has 1 aromatic heterocycles. The Balaban J connectivity index is 2.13. The van der Waals surface area contributed by atoms with Crippen LogP contribution in [0.1, 0.15) is 19.4 Å². The first-order chi connectivity index (χ1) is 14.6. The molecule has 30 heavy (non-hydrogen) atoms. The number of rotatable bonds is 7. The van der Waals surface area contributed by atoms with E-state index in [4.69, 9.17) is 21.1 Å². The molecular formula is C23H20ClN3O3. The van der Waals surface area contributed by atoms with Gasteiger partial charge < -0.3 is 9.47 Å². The van der Waals surface area contributed by atoms with Gasteiger partial charge >= 0.3 is 5.97 Å². The zero-order chi connectivity index (χ0) is 21.5. The lowest BCUT2D eigenvalue weighted by Crippen LogP contribution is -2.06. The molecular weight excluding hydrogens is 402 g/mol. The Labute approximate surface area is 179 Å². The Morgan fingerprint density at radius 1 is 1.20 bits per heavy atom. The molecule has 0 fully saturated rings. The fraction of sp³-hybridized carbons (Fsp3) is 0.174. The Morgan fingerprint density at radius 3 is 2.60 bits per heavy atom. The summed E-state index contributed by atoms with van der Waals surface area (Å²) >= 11 is 6.36. The van der Waals surface area contributed by atoms with Gasteiger partial charge in [-0.1, -0.05) is 29.8 Å². The van der Waals surface area contributed by atoms with Crippen LogP contribution in [0.25, 0.3) is 23.0 Å². The Kier molecular flexibility index (Phi) is 6.89. The van der Waals surface area contributed by atoms with Crippen LogP contribution in [0.4, 0.5) is 0 Å². The molecule has 0 spiro atoms. The van der Waals surface area contributed by atoms with Crippen LogP contribution < -0.4 is 4.74 Å². The van der Waals surface area contributed by atoms with Gasteiger partial charge in [0.25, 0.3) is 0 Å². The minimum Gasteiger partial charge on any atom is -0.492 e. The van der Waals surface area contributed by atoms with Crippen molar-refractivity contribution in [2.24, 2.45) is 0 Å². The molecule has 0 unspecified atom stereocenters. The van der Waals surface area contributed by atoms with E-state index in [2.05, 4.69) is 5.10 Å². The summed E-state index contributed by atoms with van der Waals surface area (Å²) < 4.78 is 12.2.